The average Bonchev–Trinajstić information content (AvgIpc) is 3.19. The van der Waals surface area contributed by atoms with Gasteiger partial charge in [0.05, 0.1) is 5.69 Å². The number of hydrogen-bond donors (Lipinski definition) is 1. The lowest BCUT2D eigenvalue weighted by Crippen LogP contribution is -2.54. The fourth-order valence-electron chi connectivity index (χ4n) is 4.91. The van der Waals surface area contributed by atoms with Gasteiger partial charge in [-0.15, -0.1) is 0 Å². The molecule has 1 fully saturated rings. The summed E-state index contributed by atoms with van der Waals surface area (Å²) in [5.41, 5.74) is 6.95. The van der Waals surface area contributed by atoms with E-state index in [0.717, 1.165) is 39.3 Å². The van der Waals surface area contributed by atoms with Crippen molar-refractivity contribution in [1.29, 1.82) is 0 Å². The molecule has 41 heavy (non-hydrogen) atoms. The molecule has 2 amide bonds. The number of nitrogens with one attached hydrogen (secondary N) is 1. The highest BCUT2D eigenvalue weighted by molar-refractivity contribution is 7.80. The molecule has 4 aromatic rings. The van der Waals surface area contributed by atoms with Crippen LogP contribution in [0.2, 0.25) is 10.0 Å². The van der Waals surface area contributed by atoms with Gasteiger partial charge < -0.3 is 9.30 Å². The van der Waals surface area contributed by atoms with Crippen LogP contribution < -0.4 is 15.0 Å². The number of aryl methyl sites for hydroxylation is 3. The summed E-state index contributed by atoms with van der Waals surface area (Å²) < 4.78 is 7.98. The van der Waals surface area contributed by atoms with E-state index in [2.05, 4.69) is 9.88 Å². The number of anilines is 1. The third-order valence-corrected chi connectivity index (χ3v) is 7.84. The molecule has 0 radical (unpaired) electrons. The molecule has 9 heteroatoms. The van der Waals surface area contributed by atoms with Gasteiger partial charge in [0.15, 0.2) is 5.11 Å². The summed E-state index contributed by atoms with van der Waals surface area (Å²) in [4.78, 5) is 27.9. The van der Waals surface area contributed by atoms with Gasteiger partial charge in [-0.1, -0.05) is 47.0 Å². The molecule has 2 heterocycles. The summed E-state index contributed by atoms with van der Waals surface area (Å²) in [6.45, 7) is 8.13. The van der Waals surface area contributed by atoms with Crippen molar-refractivity contribution in [1.82, 2.24) is 9.88 Å². The van der Waals surface area contributed by atoms with E-state index in [4.69, 9.17) is 40.2 Å². The Bertz CT molecular complexity index is 1740. The van der Waals surface area contributed by atoms with Crippen LogP contribution in [-0.2, 0) is 16.2 Å². The van der Waals surface area contributed by atoms with Crippen molar-refractivity contribution in [2.45, 2.75) is 34.3 Å². The van der Waals surface area contributed by atoms with Crippen LogP contribution in [0.25, 0.3) is 11.8 Å². The Labute approximate surface area is 254 Å². The van der Waals surface area contributed by atoms with Crippen molar-refractivity contribution in [2.75, 3.05) is 4.90 Å². The predicted molar refractivity (Wildman–Crippen MR) is 168 cm³/mol. The molecule has 1 aliphatic rings. The van der Waals surface area contributed by atoms with Crippen LogP contribution in [0.3, 0.4) is 0 Å². The number of hydrogen-bond acceptors (Lipinski definition) is 4. The molecule has 1 aliphatic heterocycles. The molecule has 0 aliphatic carbocycles. The second kappa shape index (κ2) is 11.5. The van der Waals surface area contributed by atoms with E-state index < -0.39 is 11.8 Å². The number of ether oxygens (including phenoxy) is 1. The Hall–Kier alpha value is -3.91. The molecule has 0 unspecified atom stereocenters. The van der Waals surface area contributed by atoms with Crippen LogP contribution in [0, 0.1) is 27.7 Å². The minimum atomic E-state index is -0.520. The Kier molecular flexibility index (Phi) is 8.04. The van der Waals surface area contributed by atoms with Crippen molar-refractivity contribution < 1.29 is 14.3 Å². The minimum absolute atomic E-state index is 0.0171. The number of aromatic nitrogens is 1. The second-order valence-corrected chi connectivity index (χ2v) is 11.2. The van der Waals surface area contributed by atoms with Gasteiger partial charge in [0.1, 0.15) is 17.9 Å². The fraction of sp³-hybridized carbons (Fsp3) is 0.156. The Balaban J connectivity index is 1.40. The molecule has 0 bridgehead atoms. The van der Waals surface area contributed by atoms with Crippen molar-refractivity contribution in [2.24, 2.45) is 0 Å². The Morgan fingerprint density at radius 2 is 1.66 bits per heavy atom. The first kappa shape index (κ1) is 28.6. The topological polar surface area (TPSA) is 63.6 Å². The average molecular weight is 605 g/mol. The normalized spacial score (nSPS) is 14.5. The summed E-state index contributed by atoms with van der Waals surface area (Å²) in [5, 5.41) is 3.87. The van der Waals surface area contributed by atoms with E-state index in [1.165, 1.54) is 4.90 Å². The molecule has 1 saturated heterocycles. The van der Waals surface area contributed by atoms with Gasteiger partial charge in [-0.05, 0) is 106 Å². The summed E-state index contributed by atoms with van der Waals surface area (Å²) in [6.07, 6.45) is 1.63. The van der Waals surface area contributed by atoms with E-state index in [0.29, 0.717) is 28.1 Å². The largest absolute Gasteiger partial charge is 0.489 e. The monoisotopic (exact) mass is 603 g/mol. The highest BCUT2D eigenvalue weighted by Crippen LogP contribution is 2.29. The number of carbonyl (C=O) groups excluding carboxylic acids is 2. The van der Waals surface area contributed by atoms with Crippen LogP contribution in [0.15, 0.2) is 72.3 Å². The summed E-state index contributed by atoms with van der Waals surface area (Å²) in [7, 11) is 0. The van der Waals surface area contributed by atoms with Gasteiger partial charge in [-0.3, -0.25) is 19.8 Å². The number of amides is 2. The van der Waals surface area contributed by atoms with Gasteiger partial charge in [-0.2, -0.15) is 0 Å². The maximum atomic E-state index is 13.6. The molecular formula is C32H27Cl2N3O3S. The molecule has 1 aromatic heterocycles. The summed E-state index contributed by atoms with van der Waals surface area (Å²) in [5.74, 6) is -0.289. The van der Waals surface area contributed by atoms with Crippen molar-refractivity contribution >= 4 is 64.1 Å². The maximum Gasteiger partial charge on any atom is 0.270 e. The molecular weight excluding hydrogens is 577 g/mol. The Morgan fingerprint density at radius 3 is 2.34 bits per heavy atom. The number of rotatable bonds is 6. The molecule has 208 valence electrons. The molecule has 0 spiro atoms. The van der Waals surface area contributed by atoms with Crippen LogP contribution in [0.4, 0.5) is 5.69 Å². The van der Waals surface area contributed by atoms with Crippen molar-refractivity contribution in [3.8, 4) is 11.4 Å². The van der Waals surface area contributed by atoms with E-state index >= 15 is 0 Å². The second-order valence-electron chi connectivity index (χ2n) is 9.93. The van der Waals surface area contributed by atoms with Crippen LogP contribution in [-0.4, -0.2) is 21.5 Å². The van der Waals surface area contributed by atoms with Gasteiger partial charge in [0.2, 0.25) is 0 Å². The third-order valence-electron chi connectivity index (χ3n) is 6.97. The lowest BCUT2D eigenvalue weighted by molar-refractivity contribution is -0.122. The highest BCUT2D eigenvalue weighted by Gasteiger charge is 2.35. The molecule has 0 saturated carbocycles. The molecule has 1 N–H and O–H groups in total. The maximum absolute atomic E-state index is 13.6. The lowest BCUT2D eigenvalue weighted by atomic mass is 10.0. The molecule has 3 aromatic carbocycles. The van der Waals surface area contributed by atoms with E-state index in [1.54, 1.807) is 18.2 Å². The van der Waals surface area contributed by atoms with E-state index in [-0.39, 0.29) is 10.7 Å². The van der Waals surface area contributed by atoms with Gasteiger partial charge >= 0.3 is 0 Å². The highest BCUT2D eigenvalue weighted by atomic mass is 35.5. The van der Waals surface area contributed by atoms with Gasteiger partial charge in [-0.25, -0.2) is 0 Å². The first-order chi connectivity index (χ1) is 19.5. The first-order valence-electron chi connectivity index (χ1n) is 12.9. The summed E-state index contributed by atoms with van der Waals surface area (Å²) >= 11 is 17.6. The third kappa shape index (κ3) is 5.79. The molecule has 0 atom stereocenters. The van der Waals surface area contributed by atoms with Crippen LogP contribution >= 0.6 is 35.4 Å². The Morgan fingerprint density at radius 1 is 0.927 bits per heavy atom. The zero-order valence-corrected chi connectivity index (χ0v) is 25.2. The number of thiocarbonyl (C=S) groups is 1. The predicted octanol–water partition coefficient (Wildman–Crippen LogP) is 7.43. The van der Waals surface area contributed by atoms with Crippen molar-refractivity contribution in [3.63, 3.8) is 0 Å². The van der Waals surface area contributed by atoms with Crippen molar-refractivity contribution in [3.05, 3.63) is 116 Å². The number of halogens is 2. The van der Waals surface area contributed by atoms with E-state index in [9.17, 15) is 9.59 Å². The SMILES string of the molecule is Cc1ccc(N2C(=O)/C(=C/c3cc(C)n(-c4ccc(OCc5ccc(Cl)cc5Cl)cc4)c3C)C(=O)NC2=S)c(C)c1. The lowest BCUT2D eigenvalue weighted by Gasteiger charge is -2.30. The van der Waals surface area contributed by atoms with Gasteiger partial charge in [0, 0.05) is 32.7 Å². The van der Waals surface area contributed by atoms with Crippen LogP contribution in [0.5, 0.6) is 5.75 Å². The zero-order valence-electron chi connectivity index (χ0n) is 22.9. The summed E-state index contributed by atoms with van der Waals surface area (Å²) in [6, 6.07) is 20.7. The minimum Gasteiger partial charge on any atom is -0.489 e. The molecule has 6 nitrogen and oxygen atoms in total. The smallest absolute Gasteiger partial charge is 0.270 e. The number of benzene rings is 3. The zero-order chi connectivity index (χ0) is 29.4. The van der Waals surface area contributed by atoms with E-state index in [1.807, 2.05) is 82.3 Å². The fourth-order valence-corrected chi connectivity index (χ4v) is 5.65. The first-order valence-corrected chi connectivity index (χ1v) is 14.0. The van der Waals surface area contributed by atoms with Gasteiger partial charge in [0.25, 0.3) is 11.8 Å². The quantitative estimate of drug-likeness (QED) is 0.141. The molecule has 5 rings (SSSR count). The number of carbonyl (C=O) groups is 2. The number of nitrogens with zero attached hydrogens (tertiary/aromatic N) is 2. The standard InChI is InChI=1S/C32H27Cl2N3O3S/c1-18-5-12-29(19(2)13-18)37-31(39)27(30(38)35-32(37)41)15-23-14-20(3)36(21(23)4)25-8-10-26(11-9-25)40-17-22-6-7-24(33)16-28(22)34/h5-16H,17H2,1-4H3,(H,35,38,41)/b27-15+. The van der Waals surface area contributed by atoms with Crippen LogP contribution in [0.1, 0.15) is 33.6 Å².